The molecule has 0 aliphatic heterocycles. The Kier molecular flexibility index (Phi) is 6.48. The van der Waals surface area contributed by atoms with Gasteiger partial charge in [0, 0.05) is 5.39 Å². The molecule has 0 atom stereocenters. The maximum atomic E-state index is 13.2. The van der Waals surface area contributed by atoms with Gasteiger partial charge in [-0.25, -0.2) is 9.78 Å². The fourth-order valence-corrected chi connectivity index (χ4v) is 3.76. The second kappa shape index (κ2) is 9.48. The third-order valence-electron chi connectivity index (χ3n) is 4.79. The Labute approximate surface area is 199 Å². The summed E-state index contributed by atoms with van der Waals surface area (Å²) < 4.78 is 11.7. The third-order valence-corrected chi connectivity index (χ3v) is 5.40. The number of nitrogens with one attached hydrogen (secondary N) is 1. The van der Waals surface area contributed by atoms with Crippen molar-refractivity contribution in [1.82, 2.24) is 14.8 Å². The van der Waals surface area contributed by atoms with Crippen molar-refractivity contribution in [2.24, 2.45) is 0 Å². The Morgan fingerprint density at radius 3 is 2.58 bits per heavy atom. The van der Waals surface area contributed by atoms with Crippen molar-refractivity contribution in [3.8, 4) is 11.6 Å². The number of carbonyl (C=O) groups excluding carboxylic acids is 2. The van der Waals surface area contributed by atoms with Crippen LogP contribution in [0.5, 0.6) is 5.75 Å². The summed E-state index contributed by atoms with van der Waals surface area (Å²) in [7, 11) is 1.38. The average Bonchev–Trinajstić information content (AvgIpc) is 3.23. The fraction of sp³-hybridized carbons (Fsp3) is 0.130. The van der Waals surface area contributed by atoms with E-state index >= 15 is 0 Å². The van der Waals surface area contributed by atoms with Crippen LogP contribution >= 0.6 is 23.2 Å². The highest BCUT2D eigenvalue weighted by Gasteiger charge is 2.26. The number of para-hydroxylation sites is 1. The van der Waals surface area contributed by atoms with Gasteiger partial charge in [0.2, 0.25) is 0 Å². The standard InChI is InChI=1S/C23H18Cl2N4O4/c1-3-33-23(31)14-12-26-29(18-11-8-13-6-4-5-7-17(13)27-18)21(14)28-22(30)19-15(24)9-10-16(25)20(19)32-2/h4-12H,3H2,1-2H3,(H,28,30). The average molecular weight is 485 g/mol. The van der Waals surface area contributed by atoms with Gasteiger partial charge >= 0.3 is 5.97 Å². The topological polar surface area (TPSA) is 95.3 Å². The summed E-state index contributed by atoms with van der Waals surface area (Å²) >= 11 is 12.4. The van der Waals surface area contributed by atoms with E-state index in [1.54, 1.807) is 13.0 Å². The van der Waals surface area contributed by atoms with Crippen LogP contribution in [0.1, 0.15) is 27.6 Å². The van der Waals surface area contributed by atoms with E-state index in [2.05, 4.69) is 15.4 Å². The number of halogens is 2. The van der Waals surface area contributed by atoms with Crippen LogP contribution in [0.25, 0.3) is 16.7 Å². The molecule has 0 unspecified atom stereocenters. The molecular weight excluding hydrogens is 467 g/mol. The zero-order chi connectivity index (χ0) is 23.5. The second-order valence-electron chi connectivity index (χ2n) is 6.79. The first-order valence-electron chi connectivity index (χ1n) is 9.89. The summed E-state index contributed by atoms with van der Waals surface area (Å²) in [4.78, 5) is 30.4. The number of fused-ring (bicyclic) bond motifs is 1. The minimum atomic E-state index is -0.649. The van der Waals surface area contributed by atoms with Gasteiger partial charge in [-0.1, -0.05) is 41.4 Å². The summed E-state index contributed by atoms with van der Waals surface area (Å²) in [6, 6.07) is 14.1. The molecule has 10 heteroatoms. The molecule has 1 amide bonds. The maximum absolute atomic E-state index is 13.2. The van der Waals surface area contributed by atoms with E-state index in [-0.39, 0.29) is 39.3 Å². The lowest BCUT2D eigenvalue weighted by atomic mass is 10.1. The van der Waals surface area contributed by atoms with Crippen molar-refractivity contribution in [2.75, 3.05) is 19.0 Å². The molecule has 33 heavy (non-hydrogen) atoms. The highest BCUT2D eigenvalue weighted by Crippen LogP contribution is 2.35. The van der Waals surface area contributed by atoms with Crippen molar-refractivity contribution >= 4 is 51.8 Å². The van der Waals surface area contributed by atoms with Gasteiger partial charge in [-0.05, 0) is 37.3 Å². The third kappa shape index (κ3) is 4.35. The van der Waals surface area contributed by atoms with E-state index in [4.69, 9.17) is 32.7 Å². The molecule has 0 bridgehead atoms. The van der Waals surface area contributed by atoms with Crippen LogP contribution in [0, 0.1) is 0 Å². The minimum absolute atomic E-state index is 0.0145. The van der Waals surface area contributed by atoms with Gasteiger partial charge in [0.1, 0.15) is 11.1 Å². The Balaban J connectivity index is 1.82. The molecule has 4 aromatic rings. The highest BCUT2D eigenvalue weighted by molar-refractivity contribution is 6.37. The number of rotatable bonds is 6. The lowest BCUT2D eigenvalue weighted by molar-refractivity contribution is 0.0527. The van der Waals surface area contributed by atoms with Crippen LogP contribution < -0.4 is 10.1 Å². The molecular formula is C23H18Cl2N4O4. The molecule has 0 fully saturated rings. The smallest absolute Gasteiger partial charge is 0.343 e. The Morgan fingerprint density at radius 2 is 1.82 bits per heavy atom. The van der Waals surface area contributed by atoms with Crippen LogP contribution in [0.2, 0.25) is 10.0 Å². The molecule has 2 aromatic heterocycles. The van der Waals surface area contributed by atoms with Crippen molar-refractivity contribution in [2.45, 2.75) is 6.92 Å². The first-order valence-corrected chi connectivity index (χ1v) is 10.6. The van der Waals surface area contributed by atoms with E-state index < -0.39 is 11.9 Å². The van der Waals surface area contributed by atoms with Gasteiger partial charge in [-0.3, -0.25) is 4.79 Å². The Bertz CT molecular complexity index is 1370. The Morgan fingerprint density at radius 1 is 1.06 bits per heavy atom. The van der Waals surface area contributed by atoms with Crippen molar-refractivity contribution in [1.29, 1.82) is 0 Å². The summed E-state index contributed by atoms with van der Waals surface area (Å²) in [6.07, 6.45) is 1.31. The van der Waals surface area contributed by atoms with Crippen LogP contribution in [-0.2, 0) is 4.74 Å². The number of ether oxygens (including phenoxy) is 2. The molecule has 4 rings (SSSR count). The predicted octanol–water partition coefficient (Wildman–Crippen LogP) is 5.16. The Hall–Kier alpha value is -3.62. The van der Waals surface area contributed by atoms with Crippen molar-refractivity contribution in [3.05, 3.63) is 75.9 Å². The summed E-state index contributed by atoms with van der Waals surface area (Å²) in [5.74, 6) is -0.728. The van der Waals surface area contributed by atoms with Crippen LogP contribution in [-0.4, -0.2) is 40.4 Å². The zero-order valence-electron chi connectivity index (χ0n) is 17.6. The van der Waals surface area contributed by atoms with E-state index in [1.807, 2.05) is 30.3 Å². The quantitative estimate of drug-likeness (QED) is 0.379. The molecule has 0 saturated carbocycles. The highest BCUT2D eigenvalue weighted by atomic mass is 35.5. The summed E-state index contributed by atoms with van der Waals surface area (Å²) in [5, 5.41) is 8.24. The van der Waals surface area contributed by atoms with Gasteiger partial charge in [-0.15, -0.1) is 0 Å². The van der Waals surface area contributed by atoms with Gasteiger partial charge in [0.05, 0.1) is 35.5 Å². The molecule has 2 aromatic carbocycles. The van der Waals surface area contributed by atoms with Gasteiger partial charge < -0.3 is 14.8 Å². The van der Waals surface area contributed by atoms with Gasteiger partial charge in [-0.2, -0.15) is 9.78 Å². The van der Waals surface area contributed by atoms with E-state index in [9.17, 15) is 9.59 Å². The maximum Gasteiger partial charge on any atom is 0.343 e. The SMILES string of the molecule is CCOC(=O)c1cnn(-c2ccc3ccccc3n2)c1NC(=O)c1c(Cl)ccc(Cl)c1OC. The molecule has 0 saturated heterocycles. The molecule has 0 spiro atoms. The number of pyridine rings is 1. The van der Waals surface area contributed by atoms with E-state index in [0.29, 0.717) is 5.82 Å². The second-order valence-corrected chi connectivity index (χ2v) is 7.61. The monoisotopic (exact) mass is 484 g/mol. The normalized spacial score (nSPS) is 10.8. The molecule has 0 aliphatic rings. The van der Waals surface area contributed by atoms with Crippen LogP contribution in [0.15, 0.2) is 54.7 Å². The molecule has 1 N–H and O–H groups in total. The van der Waals surface area contributed by atoms with E-state index in [0.717, 1.165) is 10.9 Å². The number of hydrogen-bond donors (Lipinski definition) is 1. The number of carbonyl (C=O) groups is 2. The number of anilines is 1. The number of hydrogen-bond acceptors (Lipinski definition) is 6. The largest absolute Gasteiger partial charge is 0.494 e. The molecule has 0 aliphatic carbocycles. The summed E-state index contributed by atoms with van der Waals surface area (Å²) in [6.45, 7) is 1.83. The summed E-state index contributed by atoms with van der Waals surface area (Å²) in [5.41, 5.74) is 0.790. The van der Waals surface area contributed by atoms with Crippen LogP contribution in [0.4, 0.5) is 5.82 Å². The molecule has 168 valence electrons. The van der Waals surface area contributed by atoms with Gasteiger partial charge in [0.25, 0.3) is 5.91 Å². The molecule has 8 nitrogen and oxygen atoms in total. The first kappa shape index (κ1) is 22.6. The van der Waals surface area contributed by atoms with Gasteiger partial charge in [0.15, 0.2) is 17.4 Å². The van der Waals surface area contributed by atoms with Crippen molar-refractivity contribution in [3.63, 3.8) is 0 Å². The predicted molar refractivity (Wildman–Crippen MR) is 126 cm³/mol. The number of benzene rings is 2. The number of aromatic nitrogens is 3. The zero-order valence-corrected chi connectivity index (χ0v) is 19.1. The minimum Gasteiger partial charge on any atom is -0.494 e. The van der Waals surface area contributed by atoms with Crippen molar-refractivity contribution < 1.29 is 19.1 Å². The lowest BCUT2D eigenvalue weighted by Crippen LogP contribution is -2.19. The first-order chi connectivity index (χ1) is 15.9. The number of methoxy groups -OCH3 is 1. The fourth-order valence-electron chi connectivity index (χ4n) is 3.29. The molecule has 2 heterocycles. The number of esters is 1. The lowest BCUT2D eigenvalue weighted by Gasteiger charge is -2.14. The number of nitrogens with zero attached hydrogens (tertiary/aromatic N) is 3. The van der Waals surface area contributed by atoms with Crippen LogP contribution in [0.3, 0.4) is 0 Å². The molecule has 0 radical (unpaired) electrons. The number of amides is 1. The van der Waals surface area contributed by atoms with E-state index in [1.165, 1.54) is 30.1 Å².